The van der Waals surface area contributed by atoms with Gasteiger partial charge in [-0.2, -0.15) is 0 Å². The first-order valence-electron chi connectivity index (χ1n) is 3.96. The van der Waals surface area contributed by atoms with Crippen LogP contribution in [0.15, 0.2) is 18.2 Å². The Balaban J connectivity index is 2.99. The van der Waals surface area contributed by atoms with Gasteiger partial charge in [0.15, 0.2) is 0 Å². The molecule has 0 heterocycles. The number of nitrogens with one attached hydrogen (secondary N) is 1. The summed E-state index contributed by atoms with van der Waals surface area (Å²) in [7, 11) is 0. The fourth-order valence-electron chi connectivity index (χ4n) is 1.03. The Morgan fingerprint density at radius 2 is 2.29 bits per heavy atom. The summed E-state index contributed by atoms with van der Waals surface area (Å²) in [5, 5.41) is 21.5. The summed E-state index contributed by atoms with van der Waals surface area (Å²) in [5.41, 5.74) is 0.918. The molecular formula is C9H10BrNO3. The van der Waals surface area contributed by atoms with E-state index in [4.69, 9.17) is 0 Å². The van der Waals surface area contributed by atoms with E-state index in [1.807, 2.05) is 0 Å². The van der Waals surface area contributed by atoms with Gasteiger partial charge in [0.2, 0.25) is 6.41 Å². The highest BCUT2D eigenvalue weighted by atomic mass is 79.9. The molecule has 1 aromatic rings. The largest absolute Gasteiger partial charge is 0.506 e. The van der Waals surface area contributed by atoms with Crippen LogP contribution in [0.5, 0.6) is 5.75 Å². The average molecular weight is 260 g/mol. The maximum absolute atomic E-state index is 10.2. The van der Waals surface area contributed by atoms with E-state index in [2.05, 4.69) is 21.2 Å². The number of benzene rings is 1. The Hall–Kier alpha value is -1.07. The lowest BCUT2D eigenvalue weighted by Gasteiger charge is -2.09. The molecule has 3 N–H and O–H groups in total. The summed E-state index contributed by atoms with van der Waals surface area (Å²) in [5.74, 6) is -0.0253. The molecule has 0 aliphatic carbocycles. The van der Waals surface area contributed by atoms with E-state index < -0.39 is 6.10 Å². The summed E-state index contributed by atoms with van der Waals surface area (Å²) in [6, 6.07) is 4.54. The second-order valence-corrected chi connectivity index (χ2v) is 3.36. The Kier molecular flexibility index (Phi) is 3.91. The lowest BCUT2D eigenvalue weighted by atomic mass is 10.1. The zero-order valence-corrected chi connectivity index (χ0v) is 8.86. The quantitative estimate of drug-likeness (QED) is 0.435. The van der Waals surface area contributed by atoms with Crippen LogP contribution in [0.2, 0.25) is 0 Å². The Morgan fingerprint density at radius 1 is 1.57 bits per heavy atom. The normalized spacial score (nSPS) is 12.1. The minimum Gasteiger partial charge on any atom is -0.506 e. The molecule has 0 unspecified atom stereocenters. The van der Waals surface area contributed by atoms with E-state index in [1.54, 1.807) is 6.07 Å². The second kappa shape index (κ2) is 4.97. The maximum Gasteiger partial charge on any atom is 0.211 e. The first kappa shape index (κ1) is 11.0. The number of aliphatic hydroxyl groups excluding tert-OH is 1. The number of phenols is 1. The van der Waals surface area contributed by atoms with E-state index in [-0.39, 0.29) is 11.4 Å². The molecule has 4 nitrogen and oxygen atoms in total. The molecule has 0 radical (unpaired) electrons. The van der Waals surface area contributed by atoms with Gasteiger partial charge in [-0.1, -0.05) is 22.0 Å². The van der Waals surface area contributed by atoms with E-state index in [9.17, 15) is 15.0 Å². The number of anilines is 1. The number of amides is 1. The van der Waals surface area contributed by atoms with Gasteiger partial charge in [0, 0.05) is 5.33 Å². The van der Waals surface area contributed by atoms with E-state index in [0.29, 0.717) is 17.3 Å². The number of carbonyl (C=O) groups is 1. The van der Waals surface area contributed by atoms with E-state index in [1.165, 1.54) is 12.1 Å². The van der Waals surface area contributed by atoms with Gasteiger partial charge in [-0.05, 0) is 17.7 Å². The molecule has 0 saturated carbocycles. The Labute approximate surface area is 89.7 Å². The summed E-state index contributed by atoms with van der Waals surface area (Å²) in [6.07, 6.45) is -0.179. The number of carbonyl (C=O) groups excluding carboxylic acids is 1. The van der Waals surface area contributed by atoms with Crippen molar-refractivity contribution in [1.82, 2.24) is 0 Å². The highest BCUT2D eigenvalue weighted by Crippen LogP contribution is 2.27. The van der Waals surface area contributed by atoms with Crippen LogP contribution in [0.3, 0.4) is 0 Å². The minimum absolute atomic E-state index is 0.0253. The molecule has 1 aromatic carbocycles. The van der Waals surface area contributed by atoms with Crippen molar-refractivity contribution >= 4 is 28.0 Å². The first-order chi connectivity index (χ1) is 6.69. The van der Waals surface area contributed by atoms with Crippen molar-refractivity contribution in [3.8, 4) is 5.75 Å². The van der Waals surface area contributed by atoms with Gasteiger partial charge in [-0.15, -0.1) is 0 Å². The van der Waals surface area contributed by atoms with Crippen LogP contribution < -0.4 is 5.32 Å². The van der Waals surface area contributed by atoms with Crippen molar-refractivity contribution in [3.63, 3.8) is 0 Å². The van der Waals surface area contributed by atoms with Crippen LogP contribution in [-0.2, 0) is 4.79 Å². The predicted octanol–water partition coefficient (Wildman–Crippen LogP) is 1.39. The summed E-state index contributed by atoms with van der Waals surface area (Å²) in [6.45, 7) is 0. The summed E-state index contributed by atoms with van der Waals surface area (Å²) < 4.78 is 0. The fraction of sp³-hybridized carbons (Fsp3) is 0.222. The standard InChI is InChI=1S/C9H10BrNO3/c10-4-9(14)6-1-2-8(13)7(3-6)11-5-12/h1-3,5,9,13-14H,4H2,(H,11,12)/t9-/m1/s1. The molecular weight excluding hydrogens is 250 g/mol. The van der Waals surface area contributed by atoms with Gasteiger partial charge in [0.05, 0.1) is 11.8 Å². The van der Waals surface area contributed by atoms with Crippen LogP contribution in [0.4, 0.5) is 5.69 Å². The molecule has 1 atom stereocenters. The van der Waals surface area contributed by atoms with Crippen molar-refractivity contribution in [3.05, 3.63) is 23.8 Å². The van der Waals surface area contributed by atoms with Gasteiger partial charge >= 0.3 is 0 Å². The number of alkyl halides is 1. The molecule has 0 aliphatic heterocycles. The first-order valence-corrected chi connectivity index (χ1v) is 5.08. The lowest BCUT2D eigenvalue weighted by Crippen LogP contribution is -2.00. The highest BCUT2D eigenvalue weighted by molar-refractivity contribution is 9.09. The number of aromatic hydroxyl groups is 1. The van der Waals surface area contributed by atoms with Crippen LogP contribution in [0.25, 0.3) is 0 Å². The zero-order valence-electron chi connectivity index (χ0n) is 7.27. The minimum atomic E-state index is -0.650. The number of aliphatic hydroxyl groups is 1. The predicted molar refractivity (Wildman–Crippen MR) is 56.5 cm³/mol. The van der Waals surface area contributed by atoms with Crippen molar-refractivity contribution < 1.29 is 15.0 Å². The van der Waals surface area contributed by atoms with Gasteiger partial charge in [-0.25, -0.2) is 0 Å². The maximum atomic E-state index is 10.2. The van der Waals surface area contributed by atoms with Gasteiger partial charge < -0.3 is 15.5 Å². The second-order valence-electron chi connectivity index (χ2n) is 2.71. The van der Waals surface area contributed by atoms with Crippen LogP contribution in [0.1, 0.15) is 11.7 Å². The molecule has 0 spiro atoms. The van der Waals surface area contributed by atoms with Crippen LogP contribution in [0, 0.1) is 0 Å². The fourth-order valence-corrected chi connectivity index (χ4v) is 1.40. The smallest absolute Gasteiger partial charge is 0.211 e. The third-order valence-electron chi connectivity index (χ3n) is 1.77. The van der Waals surface area contributed by atoms with Crippen molar-refractivity contribution in [2.45, 2.75) is 6.10 Å². The SMILES string of the molecule is O=CNc1cc([C@H](O)CBr)ccc1O. The molecule has 14 heavy (non-hydrogen) atoms. The number of hydrogen-bond donors (Lipinski definition) is 3. The summed E-state index contributed by atoms with van der Waals surface area (Å²) >= 11 is 3.13. The highest BCUT2D eigenvalue weighted by Gasteiger charge is 2.08. The number of hydrogen-bond acceptors (Lipinski definition) is 3. The zero-order chi connectivity index (χ0) is 10.6. The lowest BCUT2D eigenvalue weighted by molar-refractivity contribution is -0.105. The molecule has 5 heteroatoms. The Bertz CT molecular complexity index is 330. The van der Waals surface area contributed by atoms with E-state index in [0.717, 1.165) is 0 Å². The third kappa shape index (κ3) is 2.46. The molecule has 1 rings (SSSR count). The molecule has 0 fully saturated rings. The van der Waals surface area contributed by atoms with E-state index >= 15 is 0 Å². The number of phenolic OH excluding ortho intramolecular Hbond substituents is 1. The molecule has 1 amide bonds. The monoisotopic (exact) mass is 259 g/mol. The Morgan fingerprint density at radius 3 is 2.86 bits per heavy atom. The molecule has 0 bridgehead atoms. The molecule has 0 aliphatic rings. The average Bonchev–Trinajstić information content (AvgIpc) is 2.20. The summed E-state index contributed by atoms with van der Waals surface area (Å²) in [4.78, 5) is 10.2. The number of rotatable bonds is 4. The molecule has 0 aromatic heterocycles. The van der Waals surface area contributed by atoms with Gasteiger partial charge in [0.25, 0.3) is 0 Å². The van der Waals surface area contributed by atoms with Crippen LogP contribution in [-0.4, -0.2) is 22.0 Å². The van der Waals surface area contributed by atoms with Crippen molar-refractivity contribution in [2.24, 2.45) is 0 Å². The third-order valence-corrected chi connectivity index (χ3v) is 2.38. The van der Waals surface area contributed by atoms with Crippen molar-refractivity contribution in [2.75, 3.05) is 10.6 Å². The molecule has 0 saturated heterocycles. The van der Waals surface area contributed by atoms with Crippen molar-refractivity contribution in [1.29, 1.82) is 0 Å². The van der Waals surface area contributed by atoms with Crippen LogP contribution >= 0.6 is 15.9 Å². The van der Waals surface area contributed by atoms with Gasteiger partial charge in [-0.3, -0.25) is 4.79 Å². The number of halogens is 1. The topological polar surface area (TPSA) is 69.6 Å². The molecule has 76 valence electrons. The van der Waals surface area contributed by atoms with Gasteiger partial charge in [0.1, 0.15) is 5.75 Å².